The molecule has 0 aliphatic rings. The van der Waals surface area contributed by atoms with Gasteiger partial charge in [0.25, 0.3) is 0 Å². The summed E-state index contributed by atoms with van der Waals surface area (Å²) in [5.74, 6) is 2.42. The van der Waals surface area contributed by atoms with Crippen LogP contribution in [0.2, 0.25) is 0 Å². The van der Waals surface area contributed by atoms with Crippen LogP contribution in [-0.4, -0.2) is 34.3 Å². The fourth-order valence-corrected chi connectivity index (χ4v) is 3.01. The van der Waals surface area contributed by atoms with Crippen molar-refractivity contribution in [3.05, 3.63) is 47.5 Å². The molecule has 2 aromatic rings. The number of hydrogen-bond acceptors (Lipinski definition) is 5. The number of ether oxygens (including phenoxy) is 4. The first-order valence-corrected chi connectivity index (χ1v) is 9.16. The molecule has 0 bridgehead atoms. The molecule has 2 aromatic carbocycles. The van der Waals surface area contributed by atoms with Crippen LogP contribution in [0.4, 0.5) is 0 Å². The van der Waals surface area contributed by atoms with Gasteiger partial charge in [-0.15, -0.1) is 0 Å². The third kappa shape index (κ3) is 5.09. The van der Waals surface area contributed by atoms with Gasteiger partial charge < -0.3 is 24.3 Å². The second kappa shape index (κ2) is 9.88. The Labute approximate surface area is 166 Å². The maximum atomic E-state index is 12.7. The van der Waals surface area contributed by atoms with E-state index in [1.54, 1.807) is 28.4 Å². The van der Waals surface area contributed by atoms with Crippen molar-refractivity contribution in [2.45, 2.75) is 26.3 Å². The van der Waals surface area contributed by atoms with Crippen molar-refractivity contribution in [3.8, 4) is 23.0 Å². The van der Waals surface area contributed by atoms with Gasteiger partial charge in [0.1, 0.15) is 0 Å². The first-order valence-electron chi connectivity index (χ1n) is 9.16. The number of carbonyl (C=O) groups excluding carboxylic acids is 1. The zero-order valence-electron chi connectivity index (χ0n) is 17.4. The Bertz CT molecular complexity index is 806. The molecule has 0 saturated heterocycles. The summed E-state index contributed by atoms with van der Waals surface area (Å²) >= 11 is 0. The van der Waals surface area contributed by atoms with Crippen LogP contribution in [0.25, 0.3) is 0 Å². The van der Waals surface area contributed by atoms with E-state index >= 15 is 0 Å². The molecule has 0 heterocycles. The number of nitrogens with one attached hydrogen (secondary N) is 1. The summed E-state index contributed by atoms with van der Waals surface area (Å²) in [7, 11) is 6.39. The van der Waals surface area contributed by atoms with Crippen molar-refractivity contribution >= 4 is 5.91 Å². The van der Waals surface area contributed by atoms with Crippen LogP contribution in [0.5, 0.6) is 23.0 Å². The lowest BCUT2D eigenvalue weighted by atomic mass is 9.99. The zero-order valence-corrected chi connectivity index (χ0v) is 17.4. The minimum atomic E-state index is -0.194. The van der Waals surface area contributed by atoms with Gasteiger partial charge in [-0.05, 0) is 48.7 Å². The molecule has 6 heteroatoms. The van der Waals surface area contributed by atoms with Gasteiger partial charge in [-0.1, -0.05) is 19.1 Å². The molecule has 2 atom stereocenters. The minimum Gasteiger partial charge on any atom is -0.493 e. The van der Waals surface area contributed by atoms with E-state index in [0.29, 0.717) is 29.4 Å². The number of amides is 1. The van der Waals surface area contributed by atoms with Crippen molar-refractivity contribution in [1.82, 2.24) is 5.32 Å². The molecule has 2 rings (SSSR count). The third-order valence-electron chi connectivity index (χ3n) is 4.70. The Hall–Kier alpha value is -2.89. The number of hydrogen-bond donors (Lipinski definition) is 1. The van der Waals surface area contributed by atoms with Crippen molar-refractivity contribution in [2.24, 2.45) is 5.92 Å². The molecule has 2 unspecified atom stereocenters. The van der Waals surface area contributed by atoms with Gasteiger partial charge in [0.2, 0.25) is 5.91 Å². The van der Waals surface area contributed by atoms with Gasteiger partial charge >= 0.3 is 0 Å². The third-order valence-corrected chi connectivity index (χ3v) is 4.70. The average Bonchev–Trinajstić information content (AvgIpc) is 2.72. The topological polar surface area (TPSA) is 66.0 Å². The maximum absolute atomic E-state index is 12.7. The fraction of sp³-hybridized carbons (Fsp3) is 0.409. The predicted octanol–water partition coefficient (Wildman–Crippen LogP) is 3.78. The molecule has 28 heavy (non-hydrogen) atoms. The zero-order chi connectivity index (χ0) is 20.7. The molecule has 0 spiro atoms. The fourth-order valence-electron chi connectivity index (χ4n) is 3.01. The Morgan fingerprint density at radius 3 is 1.93 bits per heavy atom. The minimum absolute atomic E-state index is 0.0166. The lowest BCUT2D eigenvalue weighted by molar-refractivity contribution is -0.125. The van der Waals surface area contributed by atoms with Gasteiger partial charge in [0.05, 0.1) is 34.5 Å². The largest absolute Gasteiger partial charge is 0.493 e. The van der Waals surface area contributed by atoms with Crippen LogP contribution in [-0.2, 0) is 11.2 Å². The van der Waals surface area contributed by atoms with Crippen LogP contribution < -0.4 is 24.3 Å². The number of benzene rings is 2. The van der Waals surface area contributed by atoms with Gasteiger partial charge in [-0.2, -0.15) is 0 Å². The number of carbonyl (C=O) groups is 1. The highest BCUT2D eigenvalue weighted by Crippen LogP contribution is 2.30. The summed E-state index contributed by atoms with van der Waals surface area (Å²) in [6.07, 6.45) is 0.602. The molecule has 152 valence electrons. The molecular formula is C22H29NO5. The standard InChI is InChI=1S/C22H29NO5/c1-14(11-16-7-9-18(25-3)20(12-16)27-5)22(24)23-15(2)17-8-10-19(26-4)21(13-17)28-6/h7-10,12-15H,11H2,1-6H3,(H,23,24). The van der Waals surface area contributed by atoms with E-state index in [2.05, 4.69) is 5.32 Å². The monoisotopic (exact) mass is 387 g/mol. The van der Waals surface area contributed by atoms with Crippen molar-refractivity contribution in [2.75, 3.05) is 28.4 Å². The van der Waals surface area contributed by atoms with Crippen molar-refractivity contribution in [3.63, 3.8) is 0 Å². The summed E-state index contributed by atoms with van der Waals surface area (Å²) in [6, 6.07) is 11.2. The Morgan fingerprint density at radius 2 is 1.36 bits per heavy atom. The lowest BCUT2D eigenvalue weighted by Crippen LogP contribution is -2.32. The Balaban J connectivity index is 2.03. The summed E-state index contributed by atoms with van der Waals surface area (Å²) in [5.41, 5.74) is 1.96. The Morgan fingerprint density at radius 1 is 0.821 bits per heavy atom. The highest BCUT2D eigenvalue weighted by atomic mass is 16.5. The lowest BCUT2D eigenvalue weighted by Gasteiger charge is -2.19. The second-order valence-corrected chi connectivity index (χ2v) is 6.64. The molecule has 1 amide bonds. The van der Waals surface area contributed by atoms with E-state index < -0.39 is 0 Å². The van der Waals surface area contributed by atoms with E-state index in [-0.39, 0.29) is 17.9 Å². The first kappa shape index (κ1) is 21.4. The molecule has 0 aliphatic carbocycles. The van der Waals surface area contributed by atoms with Crippen LogP contribution >= 0.6 is 0 Å². The first-order chi connectivity index (χ1) is 13.4. The van der Waals surface area contributed by atoms with Crippen molar-refractivity contribution < 1.29 is 23.7 Å². The maximum Gasteiger partial charge on any atom is 0.223 e. The second-order valence-electron chi connectivity index (χ2n) is 6.64. The summed E-state index contributed by atoms with van der Waals surface area (Å²) < 4.78 is 21.2. The van der Waals surface area contributed by atoms with Crippen LogP contribution in [0.1, 0.15) is 31.0 Å². The molecule has 6 nitrogen and oxygen atoms in total. The average molecular weight is 387 g/mol. The predicted molar refractivity (Wildman–Crippen MR) is 109 cm³/mol. The molecule has 0 radical (unpaired) electrons. The molecule has 0 aromatic heterocycles. The van der Waals surface area contributed by atoms with E-state index in [9.17, 15) is 4.79 Å². The highest BCUT2D eigenvalue weighted by molar-refractivity contribution is 5.79. The van der Waals surface area contributed by atoms with Gasteiger partial charge in [-0.25, -0.2) is 0 Å². The van der Waals surface area contributed by atoms with E-state index in [4.69, 9.17) is 18.9 Å². The van der Waals surface area contributed by atoms with Gasteiger partial charge in [0.15, 0.2) is 23.0 Å². The van der Waals surface area contributed by atoms with Crippen molar-refractivity contribution in [1.29, 1.82) is 0 Å². The van der Waals surface area contributed by atoms with Gasteiger partial charge in [0, 0.05) is 5.92 Å². The summed E-state index contributed by atoms with van der Waals surface area (Å²) in [4.78, 5) is 12.7. The summed E-state index contributed by atoms with van der Waals surface area (Å²) in [5, 5.41) is 3.06. The number of methoxy groups -OCH3 is 4. The van der Waals surface area contributed by atoms with E-state index in [1.165, 1.54) is 0 Å². The molecule has 0 fully saturated rings. The smallest absolute Gasteiger partial charge is 0.223 e. The number of rotatable bonds is 9. The van der Waals surface area contributed by atoms with Crippen LogP contribution in [0.3, 0.4) is 0 Å². The normalized spacial score (nSPS) is 12.6. The summed E-state index contributed by atoms with van der Waals surface area (Å²) in [6.45, 7) is 3.86. The molecule has 1 N–H and O–H groups in total. The molecule has 0 saturated carbocycles. The molecular weight excluding hydrogens is 358 g/mol. The highest BCUT2D eigenvalue weighted by Gasteiger charge is 2.18. The van der Waals surface area contributed by atoms with Gasteiger partial charge in [-0.3, -0.25) is 4.79 Å². The SMILES string of the molecule is COc1ccc(CC(C)C(=O)NC(C)c2ccc(OC)c(OC)c2)cc1OC. The Kier molecular flexibility index (Phi) is 7.55. The van der Waals surface area contributed by atoms with E-state index in [1.807, 2.05) is 50.2 Å². The quantitative estimate of drug-likeness (QED) is 0.709. The van der Waals surface area contributed by atoms with E-state index in [0.717, 1.165) is 11.1 Å². The molecule has 0 aliphatic heterocycles. The van der Waals surface area contributed by atoms with Crippen LogP contribution in [0.15, 0.2) is 36.4 Å². The van der Waals surface area contributed by atoms with Crippen LogP contribution in [0, 0.1) is 5.92 Å².